The van der Waals surface area contributed by atoms with Crippen LogP contribution in [-0.4, -0.2) is 89.4 Å². The Balaban J connectivity index is 1.55. The molecular formula is C26H36N2O7. The summed E-state index contributed by atoms with van der Waals surface area (Å²) < 4.78 is 11.3. The second-order valence-electron chi connectivity index (χ2n) is 10.8. The fourth-order valence-corrected chi connectivity index (χ4v) is 6.40. The molecule has 1 aromatic rings. The molecule has 0 aromatic heterocycles. The molecular weight excluding hydrogens is 452 g/mol. The third-order valence-corrected chi connectivity index (χ3v) is 8.37. The fourth-order valence-electron chi connectivity index (χ4n) is 6.40. The van der Waals surface area contributed by atoms with Crippen LogP contribution in [0.25, 0.3) is 0 Å². The molecule has 1 amide bonds. The number of phenolic OH excluding ortho intramolecular Hbond substituents is 1. The van der Waals surface area contributed by atoms with Crippen molar-refractivity contribution in [3.8, 4) is 11.5 Å². The SMILES string of the molecule is COCC(CO)NC(=O)C1=C(O)[C@@H]2Oc3c(O)ccc4c3[C@]2(CCN(C)CC2CC2)[C@](O)(CC4)C1. The van der Waals surface area contributed by atoms with Crippen molar-refractivity contribution in [3.05, 3.63) is 34.6 Å². The maximum Gasteiger partial charge on any atom is 0.251 e. The Morgan fingerprint density at radius 1 is 1.34 bits per heavy atom. The minimum atomic E-state index is -1.35. The van der Waals surface area contributed by atoms with Gasteiger partial charge in [0.05, 0.1) is 35.8 Å². The van der Waals surface area contributed by atoms with Gasteiger partial charge in [-0.2, -0.15) is 0 Å². The molecule has 35 heavy (non-hydrogen) atoms. The van der Waals surface area contributed by atoms with Gasteiger partial charge in [-0.15, -0.1) is 0 Å². The highest BCUT2D eigenvalue weighted by molar-refractivity contribution is 5.95. The molecule has 4 atom stereocenters. The number of carbonyl (C=O) groups excluding carboxylic acids is 1. The van der Waals surface area contributed by atoms with Crippen molar-refractivity contribution >= 4 is 5.91 Å². The predicted molar refractivity (Wildman–Crippen MR) is 127 cm³/mol. The summed E-state index contributed by atoms with van der Waals surface area (Å²) in [5.41, 5.74) is -0.530. The van der Waals surface area contributed by atoms with Crippen molar-refractivity contribution in [1.82, 2.24) is 10.2 Å². The average molecular weight is 489 g/mol. The Hall–Kier alpha value is -2.33. The van der Waals surface area contributed by atoms with Gasteiger partial charge < -0.3 is 40.1 Å². The Kier molecular flexibility index (Phi) is 6.24. The Morgan fingerprint density at radius 3 is 2.80 bits per heavy atom. The zero-order chi connectivity index (χ0) is 25.0. The van der Waals surface area contributed by atoms with E-state index in [4.69, 9.17) is 9.47 Å². The van der Waals surface area contributed by atoms with E-state index in [-0.39, 0.29) is 42.5 Å². The van der Waals surface area contributed by atoms with Crippen LogP contribution in [0.15, 0.2) is 23.5 Å². The molecule has 0 bridgehead atoms. The lowest BCUT2D eigenvalue weighted by atomic mass is 9.52. The first-order valence-electron chi connectivity index (χ1n) is 12.5. The monoisotopic (exact) mass is 488 g/mol. The van der Waals surface area contributed by atoms with E-state index in [9.17, 15) is 25.2 Å². The number of benzene rings is 1. The molecule has 0 saturated heterocycles. The van der Waals surface area contributed by atoms with Crippen molar-refractivity contribution in [3.63, 3.8) is 0 Å². The van der Waals surface area contributed by atoms with E-state index in [2.05, 4.69) is 17.3 Å². The van der Waals surface area contributed by atoms with E-state index >= 15 is 0 Å². The van der Waals surface area contributed by atoms with Crippen LogP contribution in [0.4, 0.5) is 0 Å². The van der Waals surface area contributed by atoms with Gasteiger partial charge in [-0.25, -0.2) is 0 Å². The maximum atomic E-state index is 13.2. The number of methoxy groups -OCH3 is 1. The number of amides is 1. The number of hydrogen-bond acceptors (Lipinski definition) is 8. The molecule has 9 nitrogen and oxygen atoms in total. The largest absolute Gasteiger partial charge is 0.508 e. The van der Waals surface area contributed by atoms with E-state index in [1.54, 1.807) is 6.07 Å². The van der Waals surface area contributed by atoms with Crippen LogP contribution < -0.4 is 10.1 Å². The molecule has 0 radical (unpaired) electrons. The first kappa shape index (κ1) is 24.4. The van der Waals surface area contributed by atoms with Gasteiger partial charge in [-0.3, -0.25) is 4.79 Å². The lowest BCUT2D eigenvalue weighted by molar-refractivity contribution is -0.126. The van der Waals surface area contributed by atoms with Crippen LogP contribution in [0.1, 0.15) is 43.2 Å². The topological polar surface area (TPSA) is 132 Å². The third kappa shape index (κ3) is 3.89. The van der Waals surface area contributed by atoms with Crippen LogP contribution in [0.5, 0.6) is 11.5 Å². The highest BCUT2D eigenvalue weighted by atomic mass is 16.5. The zero-order valence-electron chi connectivity index (χ0n) is 20.4. The molecule has 1 heterocycles. The number of rotatable bonds is 10. The molecule has 5 N–H and O–H groups in total. The third-order valence-electron chi connectivity index (χ3n) is 8.37. The van der Waals surface area contributed by atoms with Crippen LogP contribution in [0.2, 0.25) is 0 Å². The quantitative estimate of drug-likeness (QED) is 0.331. The standard InChI is InChI=1S/C26H36N2O7/c1-28(12-15-3-4-15)10-9-26-20-16-5-6-19(30)22(20)35-23(26)21(31)18(11-25(26,33)8-7-16)24(32)27-17(13-29)14-34-2/h5-6,15,17,23,29-31,33H,3-4,7-14H2,1-2H3,(H,27,32)/t17?,23-,25-,26-/m0/s1. The van der Waals surface area contributed by atoms with Gasteiger partial charge in [0.2, 0.25) is 0 Å². The number of aliphatic hydroxyl groups is 3. The molecule has 1 aromatic carbocycles. The molecule has 1 aliphatic heterocycles. The summed E-state index contributed by atoms with van der Waals surface area (Å²) in [7, 11) is 3.54. The molecule has 1 fully saturated rings. The highest BCUT2D eigenvalue weighted by Gasteiger charge is 2.68. The zero-order valence-corrected chi connectivity index (χ0v) is 20.4. The van der Waals surface area contributed by atoms with E-state index in [0.29, 0.717) is 31.7 Å². The van der Waals surface area contributed by atoms with E-state index in [1.165, 1.54) is 20.0 Å². The van der Waals surface area contributed by atoms with Gasteiger partial charge in [0.15, 0.2) is 17.6 Å². The Bertz CT molecular complexity index is 1040. The van der Waals surface area contributed by atoms with E-state index in [1.807, 2.05) is 6.07 Å². The highest BCUT2D eigenvalue weighted by Crippen LogP contribution is 2.63. The van der Waals surface area contributed by atoms with Crippen molar-refractivity contribution in [2.75, 3.05) is 40.5 Å². The minimum absolute atomic E-state index is 0.0349. The molecule has 192 valence electrons. The van der Waals surface area contributed by atoms with Gasteiger partial charge in [0.25, 0.3) is 5.91 Å². The number of carbonyl (C=O) groups is 1. The Morgan fingerprint density at radius 2 is 2.11 bits per heavy atom. The fraction of sp³-hybridized carbons (Fsp3) is 0.654. The van der Waals surface area contributed by atoms with E-state index in [0.717, 1.165) is 17.7 Å². The van der Waals surface area contributed by atoms with Gasteiger partial charge >= 0.3 is 0 Å². The van der Waals surface area contributed by atoms with Crippen molar-refractivity contribution in [1.29, 1.82) is 0 Å². The number of ether oxygens (including phenoxy) is 2. The summed E-state index contributed by atoms with van der Waals surface area (Å²) in [4.78, 5) is 15.4. The second kappa shape index (κ2) is 8.96. The number of aromatic hydroxyl groups is 1. The minimum Gasteiger partial charge on any atom is -0.508 e. The maximum absolute atomic E-state index is 13.2. The average Bonchev–Trinajstić information content (AvgIpc) is 3.56. The molecule has 3 aliphatic carbocycles. The van der Waals surface area contributed by atoms with Gasteiger partial charge in [-0.1, -0.05) is 6.07 Å². The summed E-state index contributed by atoms with van der Waals surface area (Å²) in [6.45, 7) is 1.46. The van der Waals surface area contributed by atoms with Gasteiger partial charge in [0, 0.05) is 25.6 Å². The van der Waals surface area contributed by atoms with Crippen molar-refractivity contribution in [2.45, 2.75) is 61.7 Å². The van der Waals surface area contributed by atoms with Crippen LogP contribution in [0, 0.1) is 5.92 Å². The molecule has 1 unspecified atom stereocenters. The first-order chi connectivity index (χ1) is 16.7. The van der Waals surface area contributed by atoms with Crippen molar-refractivity contribution < 1.29 is 34.7 Å². The summed E-state index contributed by atoms with van der Waals surface area (Å²) in [5, 5.41) is 46.6. The molecule has 5 rings (SSSR count). The van der Waals surface area contributed by atoms with Crippen LogP contribution >= 0.6 is 0 Å². The summed E-state index contributed by atoms with van der Waals surface area (Å²) in [5.74, 6) is 0.174. The van der Waals surface area contributed by atoms with Gasteiger partial charge in [0.1, 0.15) is 5.76 Å². The number of aryl methyl sites for hydroxylation is 1. The van der Waals surface area contributed by atoms with E-state index < -0.39 is 29.1 Å². The molecule has 1 saturated carbocycles. The second-order valence-corrected chi connectivity index (χ2v) is 10.8. The molecule has 0 spiro atoms. The molecule has 9 heteroatoms. The normalized spacial score (nSPS) is 29.7. The summed E-state index contributed by atoms with van der Waals surface area (Å²) in [6, 6.07) is 2.82. The number of aliphatic hydroxyl groups excluding tert-OH is 2. The Labute approximate surface area is 205 Å². The summed E-state index contributed by atoms with van der Waals surface area (Å²) in [6.07, 6.45) is 2.95. The van der Waals surface area contributed by atoms with Gasteiger partial charge in [-0.05, 0) is 63.2 Å². The number of phenols is 1. The number of nitrogens with one attached hydrogen (secondary N) is 1. The molecule has 4 aliphatic rings. The number of nitrogens with zero attached hydrogens (tertiary/aromatic N) is 1. The smallest absolute Gasteiger partial charge is 0.251 e. The first-order valence-corrected chi connectivity index (χ1v) is 12.5. The predicted octanol–water partition coefficient (Wildman–Crippen LogP) is 1.14. The lowest BCUT2D eigenvalue weighted by Gasteiger charge is -2.53. The lowest BCUT2D eigenvalue weighted by Crippen LogP contribution is -2.64. The van der Waals surface area contributed by atoms with Crippen LogP contribution in [0.3, 0.4) is 0 Å². The van der Waals surface area contributed by atoms with Crippen LogP contribution in [-0.2, 0) is 21.4 Å². The summed E-state index contributed by atoms with van der Waals surface area (Å²) >= 11 is 0. The van der Waals surface area contributed by atoms with Crippen molar-refractivity contribution in [2.24, 2.45) is 5.92 Å². The number of hydrogen-bond donors (Lipinski definition) is 5.